The number of nitro benzene ring substituents is 1. The molecule has 19 heavy (non-hydrogen) atoms. The quantitative estimate of drug-likeness (QED) is 0.602. The highest BCUT2D eigenvalue weighted by atomic mass is 35.5. The Hall–Kier alpha value is -1.85. The number of hydrogen-bond acceptors (Lipinski definition) is 3. The molecule has 0 N–H and O–H groups in total. The molecule has 0 heterocycles. The van der Waals surface area contributed by atoms with Gasteiger partial charge in [-0.25, -0.2) is 4.39 Å². The molecule has 0 radical (unpaired) electrons. The van der Waals surface area contributed by atoms with Gasteiger partial charge in [0.25, 0.3) is 0 Å². The first kappa shape index (κ1) is 13.6. The molecular formula is C12H6Cl2FNO3. The highest BCUT2D eigenvalue weighted by Gasteiger charge is 2.18. The summed E-state index contributed by atoms with van der Waals surface area (Å²) in [5.74, 6) is -0.685. The van der Waals surface area contributed by atoms with E-state index in [0.29, 0.717) is 0 Å². The third-order valence-corrected chi connectivity index (χ3v) is 3.06. The molecule has 0 aromatic heterocycles. The first-order chi connectivity index (χ1) is 8.99. The Morgan fingerprint density at radius 3 is 2.58 bits per heavy atom. The van der Waals surface area contributed by atoms with Gasteiger partial charge in [0.2, 0.25) is 5.75 Å². The predicted molar refractivity (Wildman–Crippen MR) is 69.6 cm³/mol. The summed E-state index contributed by atoms with van der Waals surface area (Å²) in [5.41, 5.74) is -0.490. The minimum atomic E-state index is -0.739. The Balaban J connectivity index is 2.44. The average Bonchev–Trinajstić information content (AvgIpc) is 2.36. The van der Waals surface area contributed by atoms with Crippen LogP contribution < -0.4 is 4.74 Å². The van der Waals surface area contributed by atoms with Crippen molar-refractivity contribution >= 4 is 28.9 Å². The Morgan fingerprint density at radius 1 is 1.16 bits per heavy atom. The first-order valence-electron chi connectivity index (χ1n) is 5.05. The fourth-order valence-corrected chi connectivity index (χ4v) is 1.73. The molecule has 0 aliphatic heterocycles. The van der Waals surface area contributed by atoms with Gasteiger partial charge in [-0.05, 0) is 24.3 Å². The van der Waals surface area contributed by atoms with Gasteiger partial charge in [-0.15, -0.1) is 0 Å². The molecule has 0 unspecified atom stereocenters. The summed E-state index contributed by atoms with van der Waals surface area (Å²) in [6.45, 7) is 0. The molecule has 2 aromatic carbocycles. The Labute approximate surface area is 117 Å². The van der Waals surface area contributed by atoms with Crippen LogP contribution in [0.4, 0.5) is 10.1 Å². The second kappa shape index (κ2) is 5.42. The average molecular weight is 302 g/mol. The van der Waals surface area contributed by atoms with Gasteiger partial charge in [0, 0.05) is 0 Å². The molecule has 4 nitrogen and oxygen atoms in total. The maximum Gasteiger partial charge on any atom is 0.314 e. The number of hydrogen-bond donors (Lipinski definition) is 0. The summed E-state index contributed by atoms with van der Waals surface area (Å²) in [6.07, 6.45) is 0. The summed E-state index contributed by atoms with van der Waals surface area (Å²) in [5, 5.41) is 11.2. The van der Waals surface area contributed by atoms with Gasteiger partial charge in [-0.1, -0.05) is 29.3 Å². The van der Waals surface area contributed by atoms with Crippen molar-refractivity contribution in [2.45, 2.75) is 0 Å². The highest BCUT2D eigenvalue weighted by molar-refractivity contribution is 6.42. The van der Waals surface area contributed by atoms with Crippen molar-refractivity contribution in [3.05, 3.63) is 62.4 Å². The molecule has 2 rings (SSSR count). The zero-order valence-electron chi connectivity index (χ0n) is 9.27. The Kier molecular flexibility index (Phi) is 3.87. The van der Waals surface area contributed by atoms with Crippen LogP contribution in [0.25, 0.3) is 0 Å². The topological polar surface area (TPSA) is 52.4 Å². The molecule has 0 fully saturated rings. The molecule has 0 spiro atoms. The molecule has 0 aliphatic rings. The number of halogens is 3. The molecule has 0 aliphatic carbocycles. The molecule has 0 atom stereocenters. The summed E-state index contributed by atoms with van der Waals surface area (Å²) >= 11 is 11.7. The van der Waals surface area contributed by atoms with Crippen LogP contribution in [0.5, 0.6) is 11.5 Å². The Bertz CT molecular complexity index is 649. The lowest BCUT2D eigenvalue weighted by Crippen LogP contribution is -1.94. The van der Waals surface area contributed by atoms with Gasteiger partial charge in [0.05, 0.1) is 16.0 Å². The van der Waals surface area contributed by atoms with E-state index in [1.165, 1.54) is 6.07 Å². The van der Waals surface area contributed by atoms with Gasteiger partial charge in [-0.2, -0.15) is 0 Å². The van der Waals surface area contributed by atoms with Gasteiger partial charge in [-0.3, -0.25) is 10.1 Å². The third-order valence-electron chi connectivity index (χ3n) is 2.25. The van der Waals surface area contributed by atoms with E-state index in [2.05, 4.69) is 0 Å². The first-order valence-corrected chi connectivity index (χ1v) is 5.80. The van der Waals surface area contributed by atoms with Gasteiger partial charge >= 0.3 is 5.69 Å². The number of ether oxygens (including phenoxy) is 1. The molecule has 98 valence electrons. The lowest BCUT2D eigenvalue weighted by Gasteiger charge is -2.08. The monoisotopic (exact) mass is 301 g/mol. The minimum absolute atomic E-state index is 0.115. The minimum Gasteiger partial charge on any atom is -0.448 e. The van der Waals surface area contributed by atoms with Crippen LogP contribution in [0.3, 0.4) is 0 Å². The predicted octanol–water partition coefficient (Wildman–Crippen LogP) is 4.83. The lowest BCUT2D eigenvalue weighted by atomic mass is 10.3. The molecular weight excluding hydrogens is 296 g/mol. The highest BCUT2D eigenvalue weighted by Crippen LogP contribution is 2.37. The molecule has 7 heteroatoms. The van der Waals surface area contributed by atoms with Crippen molar-refractivity contribution < 1.29 is 14.1 Å². The van der Waals surface area contributed by atoms with Crippen LogP contribution in [0.15, 0.2) is 36.4 Å². The number of benzene rings is 2. The summed E-state index contributed by atoms with van der Waals surface area (Å²) in [7, 11) is 0. The molecule has 0 saturated carbocycles. The van der Waals surface area contributed by atoms with Crippen LogP contribution in [0.1, 0.15) is 0 Å². The van der Waals surface area contributed by atoms with E-state index in [1.807, 2.05) is 0 Å². The van der Waals surface area contributed by atoms with E-state index in [4.69, 9.17) is 27.9 Å². The van der Waals surface area contributed by atoms with Crippen molar-refractivity contribution in [2.75, 3.05) is 0 Å². The number of nitrogens with zero attached hydrogens (tertiary/aromatic N) is 1. The lowest BCUT2D eigenvalue weighted by molar-refractivity contribution is -0.385. The fourth-order valence-electron chi connectivity index (χ4n) is 1.40. The van der Waals surface area contributed by atoms with Crippen molar-refractivity contribution in [2.24, 2.45) is 0 Å². The van der Waals surface area contributed by atoms with Crippen molar-refractivity contribution in [3.8, 4) is 11.5 Å². The molecule has 0 saturated heterocycles. The second-order valence-electron chi connectivity index (χ2n) is 3.52. The molecule has 2 aromatic rings. The van der Waals surface area contributed by atoms with Crippen LogP contribution >= 0.6 is 23.2 Å². The summed E-state index contributed by atoms with van der Waals surface area (Å²) in [4.78, 5) is 10.1. The second-order valence-corrected chi connectivity index (χ2v) is 4.31. The van der Waals surface area contributed by atoms with Crippen molar-refractivity contribution in [3.63, 3.8) is 0 Å². The van der Waals surface area contributed by atoms with Crippen molar-refractivity contribution in [1.29, 1.82) is 0 Å². The number of rotatable bonds is 3. The normalized spacial score (nSPS) is 10.3. The largest absolute Gasteiger partial charge is 0.448 e. The zero-order valence-corrected chi connectivity index (χ0v) is 10.8. The van der Waals surface area contributed by atoms with Crippen LogP contribution in [0.2, 0.25) is 10.0 Å². The summed E-state index contributed by atoms with van der Waals surface area (Å²) in [6, 6.07) is 7.62. The molecule has 0 bridgehead atoms. The standard InChI is InChI=1S/C12H6Cl2FNO3/c13-8-2-1-3-11(12(8)14)19-10-5-4-7(15)6-9(10)16(17)18/h1-6H. The van der Waals surface area contributed by atoms with E-state index >= 15 is 0 Å². The fraction of sp³-hybridized carbons (Fsp3) is 0. The van der Waals surface area contributed by atoms with E-state index in [0.717, 1.165) is 18.2 Å². The van der Waals surface area contributed by atoms with E-state index in [-0.39, 0.29) is 21.5 Å². The number of nitro groups is 1. The SMILES string of the molecule is O=[N+]([O-])c1cc(F)ccc1Oc1cccc(Cl)c1Cl. The van der Waals surface area contributed by atoms with E-state index in [1.54, 1.807) is 12.1 Å². The van der Waals surface area contributed by atoms with Crippen LogP contribution in [0, 0.1) is 15.9 Å². The summed E-state index contributed by atoms with van der Waals surface area (Å²) < 4.78 is 18.3. The van der Waals surface area contributed by atoms with E-state index < -0.39 is 16.4 Å². The third kappa shape index (κ3) is 2.94. The van der Waals surface area contributed by atoms with E-state index in [9.17, 15) is 14.5 Å². The van der Waals surface area contributed by atoms with Gasteiger partial charge < -0.3 is 4.74 Å². The van der Waals surface area contributed by atoms with Gasteiger partial charge in [0.15, 0.2) is 0 Å². The maximum absolute atomic E-state index is 13.0. The van der Waals surface area contributed by atoms with Crippen LogP contribution in [-0.2, 0) is 0 Å². The van der Waals surface area contributed by atoms with Gasteiger partial charge in [0.1, 0.15) is 16.6 Å². The van der Waals surface area contributed by atoms with Crippen molar-refractivity contribution in [1.82, 2.24) is 0 Å². The smallest absolute Gasteiger partial charge is 0.314 e. The maximum atomic E-state index is 13.0. The molecule has 0 amide bonds. The zero-order chi connectivity index (χ0) is 14.0. The Morgan fingerprint density at radius 2 is 1.89 bits per heavy atom. The van der Waals surface area contributed by atoms with Crippen LogP contribution in [-0.4, -0.2) is 4.92 Å².